The number of halogens is 1. The lowest BCUT2D eigenvalue weighted by molar-refractivity contribution is 0.626. The van der Waals surface area contributed by atoms with Crippen molar-refractivity contribution >= 4 is 17.4 Å². The minimum atomic E-state index is -0.199. The van der Waals surface area contributed by atoms with Crippen LogP contribution in [-0.2, 0) is 0 Å². The van der Waals surface area contributed by atoms with Crippen LogP contribution >= 0.6 is 11.8 Å². The second-order valence-electron chi connectivity index (χ2n) is 4.12. The van der Waals surface area contributed by atoms with Gasteiger partial charge in [0.1, 0.15) is 5.82 Å². The first-order valence-electron chi connectivity index (χ1n) is 5.85. The summed E-state index contributed by atoms with van der Waals surface area (Å²) in [4.78, 5) is 1.21. The fourth-order valence-electron chi connectivity index (χ4n) is 1.83. The summed E-state index contributed by atoms with van der Waals surface area (Å²) in [6, 6.07) is 15.0. The minimum absolute atomic E-state index is 0.152. The molecule has 2 rings (SSSR count). The Bertz CT molecular complexity index is 510. The van der Waals surface area contributed by atoms with E-state index >= 15 is 0 Å². The van der Waals surface area contributed by atoms with Gasteiger partial charge in [0.05, 0.1) is 0 Å². The summed E-state index contributed by atoms with van der Waals surface area (Å²) in [5.74, 6) is -0.199. The van der Waals surface area contributed by atoms with Crippen LogP contribution in [0, 0.1) is 5.82 Å². The molecular weight excluding hydrogens is 245 g/mol. The van der Waals surface area contributed by atoms with Crippen LogP contribution in [0.1, 0.15) is 18.5 Å². The zero-order valence-electron chi connectivity index (χ0n) is 10.5. The van der Waals surface area contributed by atoms with Gasteiger partial charge in [-0.25, -0.2) is 4.39 Å². The number of benzene rings is 2. The summed E-state index contributed by atoms with van der Waals surface area (Å²) in [7, 11) is 0. The molecule has 0 saturated heterocycles. The van der Waals surface area contributed by atoms with E-state index in [9.17, 15) is 4.39 Å². The van der Waals surface area contributed by atoms with Crippen LogP contribution in [0.25, 0.3) is 0 Å². The highest BCUT2D eigenvalue weighted by atomic mass is 32.2. The van der Waals surface area contributed by atoms with Crippen LogP contribution in [0.5, 0.6) is 0 Å². The summed E-state index contributed by atoms with van der Waals surface area (Å²) < 4.78 is 12.9. The molecule has 0 aliphatic carbocycles. The Kier molecular flexibility index (Phi) is 4.26. The maximum Gasteiger partial charge on any atom is 0.123 e. The Hall–Kier alpha value is -1.48. The Morgan fingerprint density at radius 1 is 1.06 bits per heavy atom. The van der Waals surface area contributed by atoms with E-state index in [1.165, 1.54) is 17.0 Å². The van der Waals surface area contributed by atoms with Gasteiger partial charge in [-0.05, 0) is 43.0 Å². The molecule has 0 radical (unpaired) electrons. The molecule has 1 nitrogen and oxygen atoms in total. The lowest BCUT2D eigenvalue weighted by Crippen LogP contribution is -2.07. The third-order valence-corrected chi connectivity index (χ3v) is 3.64. The van der Waals surface area contributed by atoms with Gasteiger partial charge in [-0.2, -0.15) is 0 Å². The lowest BCUT2D eigenvalue weighted by Gasteiger charge is -2.17. The van der Waals surface area contributed by atoms with E-state index in [4.69, 9.17) is 0 Å². The monoisotopic (exact) mass is 261 g/mol. The van der Waals surface area contributed by atoms with Gasteiger partial charge >= 0.3 is 0 Å². The highest BCUT2D eigenvalue weighted by Crippen LogP contribution is 2.28. The van der Waals surface area contributed by atoms with Gasteiger partial charge in [0.15, 0.2) is 0 Å². The van der Waals surface area contributed by atoms with E-state index in [1.54, 1.807) is 11.8 Å². The number of anilines is 1. The molecule has 2 aromatic carbocycles. The van der Waals surface area contributed by atoms with E-state index in [2.05, 4.69) is 30.6 Å². The number of rotatable bonds is 4. The van der Waals surface area contributed by atoms with Crippen molar-refractivity contribution in [1.82, 2.24) is 0 Å². The van der Waals surface area contributed by atoms with Crippen molar-refractivity contribution in [2.75, 3.05) is 11.6 Å². The second-order valence-corrected chi connectivity index (χ2v) is 4.97. The Morgan fingerprint density at radius 3 is 2.39 bits per heavy atom. The van der Waals surface area contributed by atoms with Gasteiger partial charge < -0.3 is 5.32 Å². The summed E-state index contributed by atoms with van der Waals surface area (Å²) in [5.41, 5.74) is 2.19. The third kappa shape index (κ3) is 3.05. The molecule has 0 saturated carbocycles. The summed E-state index contributed by atoms with van der Waals surface area (Å²) >= 11 is 1.71. The number of hydrogen-bond acceptors (Lipinski definition) is 2. The SMILES string of the molecule is CSc1ccccc1NC(C)c1ccc(F)cc1. The molecule has 0 aliphatic heterocycles. The van der Waals surface area contributed by atoms with Crippen molar-refractivity contribution < 1.29 is 4.39 Å². The van der Waals surface area contributed by atoms with Gasteiger partial charge in [-0.1, -0.05) is 24.3 Å². The van der Waals surface area contributed by atoms with Crippen LogP contribution in [0.15, 0.2) is 53.4 Å². The maximum absolute atomic E-state index is 12.9. The zero-order valence-corrected chi connectivity index (χ0v) is 11.3. The van der Waals surface area contributed by atoms with Crippen LogP contribution < -0.4 is 5.32 Å². The Morgan fingerprint density at radius 2 is 1.72 bits per heavy atom. The quantitative estimate of drug-likeness (QED) is 0.799. The predicted molar refractivity (Wildman–Crippen MR) is 76.7 cm³/mol. The fraction of sp³-hybridized carbons (Fsp3) is 0.200. The van der Waals surface area contributed by atoms with Crippen LogP contribution in [0.4, 0.5) is 10.1 Å². The summed E-state index contributed by atoms with van der Waals surface area (Å²) in [6.07, 6.45) is 2.06. The minimum Gasteiger partial charge on any atom is -0.378 e. The summed E-state index contributed by atoms with van der Waals surface area (Å²) in [5, 5.41) is 3.45. The van der Waals surface area contributed by atoms with Crippen LogP contribution in [0.2, 0.25) is 0 Å². The molecule has 2 aromatic rings. The van der Waals surface area contributed by atoms with Crippen molar-refractivity contribution in [1.29, 1.82) is 0 Å². The molecule has 94 valence electrons. The average molecular weight is 261 g/mol. The lowest BCUT2D eigenvalue weighted by atomic mass is 10.1. The second kappa shape index (κ2) is 5.91. The predicted octanol–water partition coefficient (Wildman–Crippen LogP) is 4.72. The van der Waals surface area contributed by atoms with E-state index in [1.807, 2.05) is 24.3 Å². The molecular formula is C15H16FNS. The van der Waals surface area contributed by atoms with Crippen molar-refractivity contribution in [3.63, 3.8) is 0 Å². The number of thioether (sulfide) groups is 1. The zero-order chi connectivity index (χ0) is 13.0. The van der Waals surface area contributed by atoms with E-state index in [-0.39, 0.29) is 11.9 Å². The molecule has 0 bridgehead atoms. The van der Waals surface area contributed by atoms with Gasteiger partial charge in [0.25, 0.3) is 0 Å². The topological polar surface area (TPSA) is 12.0 Å². The van der Waals surface area contributed by atoms with Crippen LogP contribution in [-0.4, -0.2) is 6.26 Å². The molecule has 3 heteroatoms. The Labute approximate surface area is 111 Å². The first-order valence-corrected chi connectivity index (χ1v) is 7.08. The molecule has 1 N–H and O–H groups in total. The van der Waals surface area contributed by atoms with Gasteiger partial charge in [0.2, 0.25) is 0 Å². The molecule has 0 aliphatic rings. The molecule has 0 spiro atoms. The van der Waals surface area contributed by atoms with E-state index < -0.39 is 0 Å². The Balaban J connectivity index is 2.15. The van der Waals surface area contributed by atoms with Gasteiger partial charge in [0, 0.05) is 16.6 Å². The van der Waals surface area contributed by atoms with Crippen molar-refractivity contribution in [2.45, 2.75) is 17.9 Å². The highest BCUT2D eigenvalue weighted by molar-refractivity contribution is 7.98. The number of nitrogens with one attached hydrogen (secondary N) is 1. The first-order chi connectivity index (χ1) is 8.70. The van der Waals surface area contributed by atoms with E-state index in [0.29, 0.717) is 0 Å². The molecule has 0 heterocycles. The molecule has 18 heavy (non-hydrogen) atoms. The third-order valence-electron chi connectivity index (χ3n) is 2.85. The van der Waals surface area contributed by atoms with Crippen LogP contribution in [0.3, 0.4) is 0 Å². The molecule has 0 fully saturated rings. The highest BCUT2D eigenvalue weighted by Gasteiger charge is 2.07. The molecule has 1 atom stereocenters. The normalized spacial score (nSPS) is 12.2. The largest absolute Gasteiger partial charge is 0.378 e. The first kappa shape index (κ1) is 13.0. The molecule has 0 amide bonds. The smallest absolute Gasteiger partial charge is 0.123 e. The van der Waals surface area contributed by atoms with Crippen molar-refractivity contribution in [2.24, 2.45) is 0 Å². The van der Waals surface area contributed by atoms with Crippen molar-refractivity contribution in [3.05, 3.63) is 59.9 Å². The molecule has 1 unspecified atom stereocenters. The van der Waals surface area contributed by atoms with Gasteiger partial charge in [-0.3, -0.25) is 0 Å². The van der Waals surface area contributed by atoms with Gasteiger partial charge in [-0.15, -0.1) is 11.8 Å². The number of hydrogen-bond donors (Lipinski definition) is 1. The fourth-order valence-corrected chi connectivity index (χ4v) is 2.39. The average Bonchev–Trinajstić information content (AvgIpc) is 2.40. The summed E-state index contributed by atoms with van der Waals surface area (Å²) in [6.45, 7) is 2.07. The van der Waals surface area contributed by atoms with E-state index in [0.717, 1.165) is 11.3 Å². The standard InChI is InChI=1S/C15H16FNS/c1-11(12-7-9-13(16)10-8-12)17-14-5-3-4-6-15(14)18-2/h3-11,17H,1-2H3. The van der Waals surface area contributed by atoms with Crippen molar-refractivity contribution in [3.8, 4) is 0 Å². The number of para-hydroxylation sites is 1. The molecule has 0 aromatic heterocycles. The maximum atomic E-state index is 12.9.